The van der Waals surface area contributed by atoms with E-state index >= 15 is 0 Å². The van der Waals surface area contributed by atoms with Crippen molar-refractivity contribution in [3.63, 3.8) is 0 Å². The van der Waals surface area contributed by atoms with Gasteiger partial charge in [0.25, 0.3) is 0 Å². The van der Waals surface area contributed by atoms with Gasteiger partial charge in [0.05, 0.1) is 23.5 Å². The van der Waals surface area contributed by atoms with E-state index in [2.05, 4.69) is 0 Å². The summed E-state index contributed by atoms with van der Waals surface area (Å²) in [6, 6.07) is 5.46. The third kappa shape index (κ3) is 4.04. The van der Waals surface area contributed by atoms with Crippen molar-refractivity contribution in [1.82, 2.24) is 0 Å². The second kappa shape index (κ2) is 7.62. The largest absolute Gasteiger partial charge is 0.469 e. The van der Waals surface area contributed by atoms with Gasteiger partial charge >= 0.3 is 0 Å². The molecule has 0 saturated carbocycles. The first-order chi connectivity index (χ1) is 11.8. The van der Waals surface area contributed by atoms with Crippen LogP contribution in [0.4, 0.5) is 8.78 Å². The maximum Gasteiger partial charge on any atom is 0.191 e. The van der Waals surface area contributed by atoms with Crippen LogP contribution in [0.25, 0.3) is 0 Å². The van der Waals surface area contributed by atoms with Crippen LogP contribution in [0.2, 0.25) is 0 Å². The molecule has 0 N–H and O–H groups in total. The zero-order chi connectivity index (χ0) is 18.6. The molecular formula is C18H13F2NO4. The summed E-state index contributed by atoms with van der Waals surface area (Å²) >= 11 is 0. The van der Waals surface area contributed by atoms with Crippen molar-refractivity contribution in [2.24, 2.45) is 5.92 Å². The lowest BCUT2D eigenvalue weighted by molar-refractivity contribution is -0.120. The van der Waals surface area contributed by atoms with Crippen LogP contribution in [0.15, 0.2) is 34.9 Å². The lowest BCUT2D eigenvalue weighted by Gasteiger charge is -2.07. The quantitative estimate of drug-likeness (QED) is 0.567. The molecule has 5 nitrogen and oxygen atoms in total. The van der Waals surface area contributed by atoms with Gasteiger partial charge in [-0.15, -0.1) is 0 Å². The Morgan fingerprint density at radius 2 is 1.88 bits per heavy atom. The minimum atomic E-state index is -1.57. The Labute approximate surface area is 141 Å². The van der Waals surface area contributed by atoms with Gasteiger partial charge in [-0.25, -0.2) is 8.78 Å². The number of hydrogen-bond donors (Lipinski definition) is 0. The van der Waals surface area contributed by atoms with E-state index in [1.807, 2.05) is 0 Å². The summed E-state index contributed by atoms with van der Waals surface area (Å²) in [6.07, 6.45) is 0.468. The number of furan rings is 1. The van der Waals surface area contributed by atoms with E-state index in [4.69, 9.17) is 9.68 Å². The molecular weight excluding hydrogens is 332 g/mol. The number of rotatable bonds is 7. The number of Topliss-reactive ketones (excluding diaryl/α,β-unsaturated/α-hetero) is 3. The number of ketones is 3. The van der Waals surface area contributed by atoms with Crippen molar-refractivity contribution < 1.29 is 27.6 Å². The number of halogens is 2. The Morgan fingerprint density at radius 3 is 2.44 bits per heavy atom. The fraction of sp³-hybridized carbons (Fsp3) is 0.222. The zero-order valence-corrected chi connectivity index (χ0v) is 13.2. The Balaban J connectivity index is 2.05. The van der Waals surface area contributed by atoms with Crippen molar-refractivity contribution in [3.8, 4) is 6.07 Å². The molecule has 0 saturated heterocycles. The topological polar surface area (TPSA) is 88.1 Å². The summed E-state index contributed by atoms with van der Waals surface area (Å²) in [5.41, 5.74) is -0.226. The highest BCUT2D eigenvalue weighted by Gasteiger charge is 2.29. The Morgan fingerprint density at radius 1 is 1.16 bits per heavy atom. The second-order valence-electron chi connectivity index (χ2n) is 5.33. The third-order valence-electron chi connectivity index (χ3n) is 3.67. The van der Waals surface area contributed by atoms with Crippen LogP contribution in [0.3, 0.4) is 0 Å². The van der Waals surface area contributed by atoms with Gasteiger partial charge in [0.2, 0.25) is 0 Å². The molecule has 0 radical (unpaired) electrons. The van der Waals surface area contributed by atoms with Gasteiger partial charge < -0.3 is 4.42 Å². The predicted octanol–water partition coefficient (Wildman–Crippen LogP) is 3.42. The highest BCUT2D eigenvalue weighted by Crippen LogP contribution is 2.18. The number of carbonyl (C=O) groups excluding carboxylic acids is 3. The number of benzene rings is 1. The van der Waals surface area contributed by atoms with Gasteiger partial charge in [0.15, 0.2) is 23.3 Å². The average Bonchev–Trinajstić information content (AvgIpc) is 2.99. The molecule has 0 fully saturated rings. The molecule has 0 bridgehead atoms. The molecule has 0 aliphatic heterocycles. The van der Waals surface area contributed by atoms with E-state index in [0.29, 0.717) is 6.07 Å². The van der Waals surface area contributed by atoms with Crippen LogP contribution in [0.5, 0.6) is 0 Å². The van der Waals surface area contributed by atoms with Gasteiger partial charge in [-0.05, 0) is 25.1 Å². The molecule has 0 amide bonds. The van der Waals surface area contributed by atoms with Crippen LogP contribution >= 0.6 is 0 Å². The van der Waals surface area contributed by atoms with E-state index < -0.39 is 47.7 Å². The van der Waals surface area contributed by atoms with Crippen LogP contribution in [0.1, 0.15) is 39.3 Å². The molecule has 0 aliphatic carbocycles. The van der Waals surface area contributed by atoms with Gasteiger partial charge in [0, 0.05) is 18.9 Å². The number of nitrogens with zero attached hydrogens (tertiary/aromatic N) is 1. The Bertz CT molecular complexity index is 879. The molecule has 0 aliphatic rings. The highest BCUT2D eigenvalue weighted by atomic mass is 19.1. The molecule has 2 rings (SSSR count). The van der Waals surface area contributed by atoms with Crippen molar-refractivity contribution in [2.75, 3.05) is 0 Å². The highest BCUT2D eigenvalue weighted by molar-refractivity contribution is 6.13. The van der Waals surface area contributed by atoms with Gasteiger partial charge in [-0.3, -0.25) is 14.4 Å². The maximum absolute atomic E-state index is 13.5. The minimum absolute atomic E-state index is 0.121. The first kappa shape index (κ1) is 18.2. The molecule has 0 unspecified atom stereocenters. The number of nitriles is 1. The molecule has 1 atom stereocenters. The molecule has 25 heavy (non-hydrogen) atoms. The van der Waals surface area contributed by atoms with E-state index in [1.54, 1.807) is 6.07 Å². The minimum Gasteiger partial charge on any atom is -0.469 e. The second-order valence-corrected chi connectivity index (χ2v) is 5.33. The monoisotopic (exact) mass is 345 g/mol. The third-order valence-corrected chi connectivity index (χ3v) is 3.67. The molecule has 0 spiro atoms. The molecule has 128 valence electrons. The van der Waals surface area contributed by atoms with Crippen LogP contribution in [0, 0.1) is 35.8 Å². The van der Waals surface area contributed by atoms with Crippen molar-refractivity contribution in [2.45, 2.75) is 19.8 Å². The number of carbonyl (C=O) groups is 3. The first-order valence-corrected chi connectivity index (χ1v) is 7.34. The molecule has 7 heteroatoms. The van der Waals surface area contributed by atoms with Gasteiger partial charge in [-0.2, -0.15) is 5.26 Å². The summed E-state index contributed by atoms with van der Waals surface area (Å²) in [5, 5.41) is 9.10. The van der Waals surface area contributed by atoms with Gasteiger partial charge in [-0.1, -0.05) is 0 Å². The smallest absolute Gasteiger partial charge is 0.191 e. The van der Waals surface area contributed by atoms with E-state index in [9.17, 15) is 23.2 Å². The summed E-state index contributed by atoms with van der Waals surface area (Å²) in [4.78, 5) is 36.3. The SMILES string of the molecule is Cc1occc1C(=O)[C@@H](C#N)C(=O)CCC(=O)c1ccc(F)cc1F. The Hall–Kier alpha value is -3.14. The summed E-state index contributed by atoms with van der Waals surface area (Å²) in [7, 11) is 0. The molecule has 2 aromatic rings. The van der Waals surface area contributed by atoms with Crippen molar-refractivity contribution in [1.29, 1.82) is 5.26 Å². The normalized spacial score (nSPS) is 11.6. The lowest BCUT2D eigenvalue weighted by atomic mass is 9.91. The fourth-order valence-electron chi connectivity index (χ4n) is 2.30. The van der Waals surface area contributed by atoms with Crippen molar-refractivity contribution >= 4 is 17.3 Å². The van der Waals surface area contributed by atoms with E-state index in [1.165, 1.54) is 19.3 Å². The summed E-state index contributed by atoms with van der Waals surface area (Å²) < 4.78 is 31.4. The zero-order valence-electron chi connectivity index (χ0n) is 13.2. The van der Waals surface area contributed by atoms with Crippen LogP contribution in [-0.2, 0) is 4.79 Å². The number of hydrogen-bond acceptors (Lipinski definition) is 5. The number of aryl methyl sites for hydroxylation is 1. The van der Waals surface area contributed by atoms with Gasteiger partial charge in [0.1, 0.15) is 17.4 Å². The Kier molecular flexibility index (Phi) is 5.55. The maximum atomic E-state index is 13.5. The summed E-state index contributed by atoms with van der Waals surface area (Å²) in [5.74, 6) is -5.31. The average molecular weight is 345 g/mol. The predicted molar refractivity (Wildman–Crippen MR) is 81.8 cm³/mol. The van der Waals surface area contributed by atoms with E-state index in [-0.39, 0.29) is 16.9 Å². The summed E-state index contributed by atoms with van der Waals surface area (Å²) in [6.45, 7) is 1.52. The lowest BCUT2D eigenvalue weighted by Crippen LogP contribution is -2.23. The standard InChI is InChI=1S/C18H13F2NO4/c1-10-12(6-7-25-10)18(24)14(9-21)17(23)5-4-16(22)13-3-2-11(19)8-15(13)20/h2-3,6-8,14H,4-5H2,1H3/t14-/m0/s1. The molecule has 1 aromatic heterocycles. The molecule has 1 heterocycles. The molecule has 1 aromatic carbocycles. The fourth-order valence-corrected chi connectivity index (χ4v) is 2.30. The first-order valence-electron chi connectivity index (χ1n) is 7.34. The van der Waals surface area contributed by atoms with Crippen molar-refractivity contribution in [3.05, 3.63) is 59.1 Å². The van der Waals surface area contributed by atoms with Crippen LogP contribution in [-0.4, -0.2) is 17.3 Å². The van der Waals surface area contributed by atoms with Crippen LogP contribution < -0.4 is 0 Å². The van der Waals surface area contributed by atoms with E-state index in [0.717, 1.165) is 12.1 Å².